The number of hydrogen-bond donors (Lipinski definition) is 0. The summed E-state index contributed by atoms with van der Waals surface area (Å²) in [5, 5.41) is 10.6. The summed E-state index contributed by atoms with van der Waals surface area (Å²) in [6.45, 7) is 9.46. The highest BCUT2D eigenvalue weighted by molar-refractivity contribution is 5.61. The zero-order valence-corrected chi connectivity index (χ0v) is 12.8. The molecule has 0 amide bonds. The number of hydrogen-bond acceptors (Lipinski definition) is 5. The maximum atomic E-state index is 11.4. The highest BCUT2D eigenvalue weighted by Gasteiger charge is 2.18. The molecule has 0 aliphatic rings. The monoisotopic (exact) mass is 285 g/mol. The second-order valence-corrected chi connectivity index (χ2v) is 5.20. The summed E-state index contributed by atoms with van der Waals surface area (Å²) < 4.78 is 9.89. The van der Waals surface area contributed by atoms with Gasteiger partial charge in [0.2, 0.25) is 5.70 Å². The zero-order valence-electron chi connectivity index (χ0n) is 12.8. The summed E-state index contributed by atoms with van der Waals surface area (Å²) in [5.74, 6) is 0.247. The lowest BCUT2D eigenvalue weighted by atomic mass is 9.92. The van der Waals surface area contributed by atoms with Crippen molar-refractivity contribution in [2.75, 3.05) is 6.61 Å². The van der Waals surface area contributed by atoms with Crippen molar-refractivity contribution in [3.63, 3.8) is 0 Å². The minimum absolute atomic E-state index is 0.0495. The van der Waals surface area contributed by atoms with E-state index in [1.165, 1.54) is 19.1 Å². The molecule has 0 unspecified atom stereocenters. The van der Waals surface area contributed by atoms with Crippen LogP contribution in [0.2, 0.25) is 0 Å². The molecular weight excluding hydrogens is 262 g/mol. The van der Waals surface area contributed by atoms with Gasteiger partial charge in [0.25, 0.3) is 0 Å². The average molecular weight is 285 g/mol. The Morgan fingerprint density at radius 1 is 1.30 bits per heavy atom. The van der Waals surface area contributed by atoms with Crippen LogP contribution >= 0.6 is 0 Å². The second-order valence-electron chi connectivity index (χ2n) is 5.20. The number of carbonyl (C=O) groups excluding carboxylic acids is 1. The molecule has 6 nitrogen and oxygen atoms in total. The third kappa shape index (κ3) is 7.56. The van der Waals surface area contributed by atoms with E-state index >= 15 is 0 Å². The Morgan fingerprint density at radius 2 is 1.90 bits per heavy atom. The first-order valence-corrected chi connectivity index (χ1v) is 6.58. The van der Waals surface area contributed by atoms with Crippen molar-refractivity contribution < 1.29 is 19.2 Å². The van der Waals surface area contributed by atoms with E-state index in [9.17, 15) is 14.9 Å². The van der Waals surface area contributed by atoms with Gasteiger partial charge in [-0.3, -0.25) is 10.1 Å². The Hall–Kier alpha value is -1.85. The van der Waals surface area contributed by atoms with Gasteiger partial charge in [0.05, 0.1) is 4.92 Å². The molecule has 0 bridgehead atoms. The van der Waals surface area contributed by atoms with E-state index in [4.69, 9.17) is 9.47 Å². The Balaban J connectivity index is 4.43. The van der Waals surface area contributed by atoms with Crippen LogP contribution in [0.4, 0.5) is 4.79 Å². The first-order chi connectivity index (χ1) is 9.21. The molecule has 0 aromatic rings. The molecule has 6 heteroatoms. The van der Waals surface area contributed by atoms with Gasteiger partial charge in [0.15, 0.2) is 0 Å². The number of nitrogens with zero attached hydrogens (tertiary/aromatic N) is 1. The van der Waals surface area contributed by atoms with Gasteiger partial charge < -0.3 is 9.47 Å². The van der Waals surface area contributed by atoms with Gasteiger partial charge in [-0.1, -0.05) is 27.7 Å². The van der Waals surface area contributed by atoms with Crippen LogP contribution in [0.1, 0.15) is 47.5 Å². The first kappa shape index (κ1) is 18.1. The van der Waals surface area contributed by atoms with Crippen molar-refractivity contribution >= 4 is 6.16 Å². The molecule has 0 radical (unpaired) electrons. The predicted molar refractivity (Wildman–Crippen MR) is 75.6 cm³/mol. The minimum atomic E-state index is -0.798. The van der Waals surface area contributed by atoms with Gasteiger partial charge in [-0.25, -0.2) is 4.79 Å². The summed E-state index contributed by atoms with van der Waals surface area (Å²) in [6.07, 6.45) is 3.08. The third-order valence-electron chi connectivity index (χ3n) is 2.89. The largest absolute Gasteiger partial charge is 0.513 e. The molecule has 0 aliphatic heterocycles. The maximum absolute atomic E-state index is 11.4. The van der Waals surface area contributed by atoms with Crippen molar-refractivity contribution in [2.24, 2.45) is 5.41 Å². The van der Waals surface area contributed by atoms with Crippen LogP contribution in [0.5, 0.6) is 0 Å². The summed E-state index contributed by atoms with van der Waals surface area (Å²) in [7, 11) is 0. The van der Waals surface area contributed by atoms with Crippen LogP contribution in [0.15, 0.2) is 23.6 Å². The molecule has 0 atom stereocenters. The van der Waals surface area contributed by atoms with Crippen LogP contribution in [0, 0.1) is 15.5 Å². The molecular formula is C14H23NO5. The van der Waals surface area contributed by atoms with E-state index in [1.54, 1.807) is 6.92 Å². The maximum Gasteiger partial charge on any atom is 0.513 e. The van der Waals surface area contributed by atoms with Crippen molar-refractivity contribution in [3.8, 4) is 0 Å². The summed E-state index contributed by atoms with van der Waals surface area (Å²) in [4.78, 5) is 21.5. The highest BCUT2D eigenvalue weighted by atomic mass is 16.7. The van der Waals surface area contributed by atoms with Crippen LogP contribution in [-0.4, -0.2) is 17.7 Å². The summed E-state index contributed by atoms with van der Waals surface area (Å²) in [5.41, 5.74) is -0.0502. The van der Waals surface area contributed by atoms with E-state index in [2.05, 4.69) is 0 Å². The van der Waals surface area contributed by atoms with Crippen molar-refractivity contribution in [3.05, 3.63) is 33.7 Å². The third-order valence-corrected chi connectivity index (χ3v) is 2.89. The van der Waals surface area contributed by atoms with Crippen molar-refractivity contribution in [2.45, 2.75) is 47.5 Å². The second kappa shape index (κ2) is 8.35. The van der Waals surface area contributed by atoms with Crippen LogP contribution in [0.3, 0.4) is 0 Å². The van der Waals surface area contributed by atoms with Gasteiger partial charge in [-0.15, -0.1) is 0 Å². The molecule has 0 saturated heterocycles. The van der Waals surface area contributed by atoms with E-state index in [0.29, 0.717) is 6.42 Å². The van der Waals surface area contributed by atoms with E-state index in [0.717, 1.165) is 6.42 Å². The lowest BCUT2D eigenvalue weighted by Crippen LogP contribution is -2.21. The molecule has 20 heavy (non-hydrogen) atoms. The van der Waals surface area contributed by atoms with Gasteiger partial charge in [0.1, 0.15) is 12.4 Å². The number of carbonyl (C=O) groups is 1. The molecule has 0 aromatic carbocycles. The number of nitro groups is 1. The fraction of sp³-hybridized carbons (Fsp3) is 0.643. The van der Waals surface area contributed by atoms with Gasteiger partial charge >= 0.3 is 6.16 Å². The molecule has 0 spiro atoms. The van der Waals surface area contributed by atoms with Crippen LogP contribution < -0.4 is 0 Å². The van der Waals surface area contributed by atoms with Crippen molar-refractivity contribution in [1.82, 2.24) is 0 Å². The normalized spacial score (nSPS) is 13.1. The number of allylic oxidation sites excluding steroid dienone is 4. The lowest BCUT2D eigenvalue weighted by molar-refractivity contribution is -0.427. The Labute approximate surface area is 119 Å². The zero-order chi connectivity index (χ0) is 15.8. The fourth-order valence-corrected chi connectivity index (χ4v) is 1.07. The average Bonchev–Trinajstić information content (AvgIpc) is 2.37. The smallest absolute Gasteiger partial charge is 0.433 e. The van der Waals surface area contributed by atoms with Crippen LogP contribution in [0.25, 0.3) is 0 Å². The SMILES string of the molecule is CC/C(=C\C=C(/C)OC(=O)OCC(C)(C)CC)[N+](=O)[O-]. The van der Waals surface area contributed by atoms with E-state index in [-0.39, 0.29) is 23.5 Å². The molecule has 0 heterocycles. The summed E-state index contributed by atoms with van der Waals surface area (Å²) >= 11 is 0. The minimum Gasteiger partial charge on any atom is -0.433 e. The highest BCUT2D eigenvalue weighted by Crippen LogP contribution is 2.20. The Bertz CT molecular complexity index is 410. The predicted octanol–water partition coefficient (Wildman–Crippen LogP) is 4.05. The topological polar surface area (TPSA) is 78.7 Å². The molecule has 0 saturated carbocycles. The van der Waals surface area contributed by atoms with Gasteiger partial charge in [-0.2, -0.15) is 0 Å². The fourth-order valence-electron chi connectivity index (χ4n) is 1.07. The molecule has 0 aromatic heterocycles. The molecule has 0 aliphatic carbocycles. The lowest BCUT2D eigenvalue weighted by Gasteiger charge is -2.21. The Kier molecular flexibility index (Phi) is 7.57. The molecule has 114 valence electrons. The molecule has 0 N–H and O–H groups in total. The number of rotatable bonds is 7. The van der Waals surface area contributed by atoms with E-state index < -0.39 is 11.1 Å². The van der Waals surface area contributed by atoms with Crippen LogP contribution in [-0.2, 0) is 9.47 Å². The van der Waals surface area contributed by atoms with Gasteiger partial charge in [0, 0.05) is 12.5 Å². The quantitative estimate of drug-likeness (QED) is 0.232. The molecule has 0 rings (SSSR count). The first-order valence-electron chi connectivity index (χ1n) is 6.58. The Morgan fingerprint density at radius 3 is 2.35 bits per heavy atom. The van der Waals surface area contributed by atoms with E-state index in [1.807, 2.05) is 20.8 Å². The van der Waals surface area contributed by atoms with Crippen molar-refractivity contribution in [1.29, 1.82) is 0 Å². The standard InChI is InChI=1S/C14H23NO5/c1-6-12(15(17)18)9-8-11(3)20-13(16)19-10-14(4,5)7-2/h8-9H,6-7,10H2,1-5H3/b11-8+,12-9+. The number of ether oxygens (including phenoxy) is 2. The molecule has 0 fully saturated rings. The summed E-state index contributed by atoms with van der Waals surface area (Å²) in [6, 6.07) is 0. The van der Waals surface area contributed by atoms with Gasteiger partial charge in [-0.05, 0) is 24.8 Å².